The molecule has 0 saturated carbocycles. The molecule has 118 valence electrons. The van der Waals surface area contributed by atoms with Crippen LogP contribution in [0.3, 0.4) is 0 Å². The minimum absolute atomic E-state index is 0.0141. The molecule has 0 fully saturated rings. The lowest BCUT2D eigenvalue weighted by Crippen LogP contribution is -2.38. The molecule has 6 heteroatoms. The van der Waals surface area contributed by atoms with Crippen molar-refractivity contribution in [2.24, 2.45) is 0 Å². The number of urea groups is 1. The summed E-state index contributed by atoms with van der Waals surface area (Å²) < 4.78 is 18.7. The number of nitrogens with one attached hydrogen (secondary N) is 2. The summed E-state index contributed by atoms with van der Waals surface area (Å²) in [6, 6.07) is 3.47. The Morgan fingerprint density at radius 2 is 2.19 bits per heavy atom. The van der Waals surface area contributed by atoms with Gasteiger partial charge in [-0.05, 0) is 31.4 Å². The molecule has 0 spiro atoms. The second-order valence-corrected chi connectivity index (χ2v) is 4.70. The number of rotatable bonds is 8. The molecule has 0 saturated heterocycles. The van der Waals surface area contributed by atoms with Crippen molar-refractivity contribution in [2.45, 2.75) is 39.2 Å². The van der Waals surface area contributed by atoms with Gasteiger partial charge in [0, 0.05) is 18.7 Å². The van der Waals surface area contributed by atoms with E-state index in [0.717, 1.165) is 12.8 Å². The maximum Gasteiger partial charge on any atom is 0.319 e. The molecule has 0 aliphatic carbocycles. The molecule has 1 unspecified atom stereocenters. The smallest absolute Gasteiger partial charge is 0.319 e. The molecular weight excluding hydrogens is 275 g/mol. The molecule has 5 nitrogen and oxygen atoms in total. The summed E-state index contributed by atoms with van der Waals surface area (Å²) >= 11 is 0. The Morgan fingerprint density at radius 3 is 2.81 bits per heavy atom. The van der Waals surface area contributed by atoms with Gasteiger partial charge in [0.1, 0.15) is 11.6 Å². The number of hydrogen-bond acceptors (Lipinski definition) is 3. The van der Waals surface area contributed by atoms with Gasteiger partial charge in [-0.1, -0.05) is 13.8 Å². The quantitative estimate of drug-likeness (QED) is 0.691. The number of aliphatic hydroxyl groups is 1. The average molecular weight is 298 g/mol. The lowest BCUT2D eigenvalue weighted by Gasteiger charge is -2.17. The van der Waals surface area contributed by atoms with Crippen molar-refractivity contribution >= 4 is 11.7 Å². The zero-order chi connectivity index (χ0) is 15.7. The van der Waals surface area contributed by atoms with Crippen LogP contribution < -0.4 is 15.4 Å². The molecule has 1 atom stereocenters. The highest BCUT2D eigenvalue weighted by atomic mass is 19.1. The molecule has 21 heavy (non-hydrogen) atoms. The zero-order valence-electron chi connectivity index (χ0n) is 12.5. The Bertz CT molecular complexity index is 455. The van der Waals surface area contributed by atoms with E-state index in [1.807, 2.05) is 13.8 Å². The van der Waals surface area contributed by atoms with Gasteiger partial charge in [-0.25, -0.2) is 9.18 Å². The number of carbonyl (C=O) groups excluding carboxylic acids is 1. The SMILES string of the molecule is CCCOc1cc(F)ccc1NC(=O)NC(CC)CCO. The molecule has 0 heterocycles. The normalized spacial score (nSPS) is 11.8. The Kier molecular flexibility index (Phi) is 7.53. The molecule has 1 aromatic rings. The van der Waals surface area contributed by atoms with Crippen LogP contribution in [-0.2, 0) is 0 Å². The van der Waals surface area contributed by atoms with E-state index in [-0.39, 0.29) is 12.6 Å². The van der Waals surface area contributed by atoms with Crippen LogP contribution in [0.2, 0.25) is 0 Å². The number of halogens is 1. The van der Waals surface area contributed by atoms with E-state index in [0.29, 0.717) is 24.5 Å². The van der Waals surface area contributed by atoms with Crippen LogP contribution in [0.15, 0.2) is 18.2 Å². The van der Waals surface area contributed by atoms with E-state index in [4.69, 9.17) is 9.84 Å². The third kappa shape index (κ3) is 5.99. The number of aliphatic hydroxyl groups excluding tert-OH is 1. The molecule has 2 amide bonds. The molecule has 1 aromatic carbocycles. The summed E-state index contributed by atoms with van der Waals surface area (Å²) in [6.45, 7) is 4.33. The maximum absolute atomic E-state index is 13.2. The number of hydrogen-bond donors (Lipinski definition) is 3. The standard InChI is InChI=1S/C15H23FN2O3/c1-3-9-21-14-10-11(16)5-6-13(14)18-15(20)17-12(4-2)7-8-19/h5-6,10,12,19H,3-4,7-9H2,1-2H3,(H2,17,18,20). The van der Waals surface area contributed by atoms with Crippen molar-refractivity contribution in [3.63, 3.8) is 0 Å². The van der Waals surface area contributed by atoms with Crippen LogP contribution in [0.5, 0.6) is 5.75 Å². The molecule has 0 radical (unpaired) electrons. The van der Waals surface area contributed by atoms with Gasteiger partial charge in [0.25, 0.3) is 0 Å². The highest BCUT2D eigenvalue weighted by Crippen LogP contribution is 2.25. The summed E-state index contributed by atoms with van der Waals surface area (Å²) in [7, 11) is 0. The van der Waals surface area contributed by atoms with Gasteiger partial charge in [-0.15, -0.1) is 0 Å². The Morgan fingerprint density at radius 1 is 1.43 bits per heavy atom. The molecule has 0 aliphatic rings. The lowest BCUT2D eigenvalue weighted by molar-refractivity contribution is 0.237. The number of ether oxygens (including phenoxy) is 1. The summed E-state index contributed by atoms with van der Waals surface area (Å²) in [5.41, 5.74) is 0.418. The van der Waals surface area contributed by atoms with Crippen LogP contribution in [-0.4, -0.2) is 30.4 Å². The summed E-state index contributed by atoms with van der Waals surface area (Å²) in [4.78, 5) is 11.9. The Labute approximate surface area is 124 Å². The lowest BCUT2D eigenvalue weighted by atomic mass is 10.2. The highest BCUT2D eigenvalue weighted by molar-refractivity contribution is 5.91. The number of carbonyl (C=O) groups is 1. The molecule has 0 aromatic heterocycles. The summed E-state index contributed by atoms with van der Waals surface area (Å²) in [6.07, 6.45) is 2.00. The molecular formula is C15H23FN2O3. The van der Waals surface area contributed by atoms with E-state index >= 15 is 0 Å². The van der Waals surface area contributed by atoms with E-state index in [2.05, 4.69) is 10.6 Å². The third-order valence-corrected chi connectivity index (χ3v) is 2.96. The van der Waals surface area contributed by atoms with Crippen LogP contribution >= 0.6 is 0 Å². The topological polar surface area (TPSA) is 70.6 Å². The molecule has 0 bridgehead atoms. The average Bonchev–Trinajstić information content (AvgIpc) is 2.47. The van der Waals surface area contributed by atoms with Gasteiger partial charge < -0.3 is 20.5 Å². The number of amides is 2. The Balaban J connectivity index is 2.70. The number of benzene rings is 1. The van der Waals surface area contributed by atoms with E-state index in [1.165, 1.54) is 18.2 Å². The summed E-state index contributed by atoms with van der Waals surface area (Å²) in [5.74, 6) is -0.110. The minimum Gasteiger partial charge on any atom is -0.491 e. The van der Waals surface area contributed by atoms with Crippen molar-refractivity contribution in [1.29, 1.82) is 0 Å². The van der Waals surface area contributed by atoms with Gasteiger partial charge in [0.05, 0.1) is 12.3 Å². The van der Waals surface area contributed by atoms with Crippen molar-refractivity contribution < 1.29 is 19.0 Å². The van der Waals surface area contributed by atoms with Crippen LogP contribution in [0.1, 0.15) is 33.1 Å². The maximum atomic E-state index is 13.2. The second kappa shape index (κ2) is 9.18. The predicted molar refractivity (Wildman–Crippen MR) is 80.1 cm³/mol. The van der Waals surface area contributed by atoms with Gasteiger partial charge in [0.15, 0.2) is 0 Å². The minimum atomic E-state index is -0.418. The van der Waals surface area contributed by atoms with Gasteiger partial charge >= 0.3 is 6.03 Å². The number of anilines is 1. The molecule has 1 rings (SSSR count). The largest absolute Gasteiger partial charge is 0.491 e. The first-order chi connectivity index (χ1) is 10.1. The third-order valence-electron chi connectivity index (χ3n) is 2.96. The van der Waals surface area contributed by atoms with Gasteiger partial charge in [-0.3, -0.25) is 0 Å². The van der Waals surface area contributed by atoms with Crippen molar-refractivity contribution in [1.82, 2.24) is 5.32 Å². The highest BCUT2D eigenvalue weighted by Gasteiger charge is 2.12. The predicted octanol–water partition coefficient (Wildman–Crippen LogP) is 2.90. The van der Waals surface area contributed by atoms with Crippen molar-refractivity contribution in [3.05, 3.63) is 24.0 Å². The first-order valence-electron chi connectivity index (χ1n) is 7.21. The van der Waals surface area contributed by atoms with Crippen molar-refractivity contribution in [2.75, 3.05) is 18.5 Å². The summed E-state index contributed by atoms with van der Waals surface area (Å²) in [5, 5.41) is 14.3. The van der Waals surface area contributed by atoms with E-state index in [9.17, 15) is 9.18 Å². The first kappa shape index (κ1) is 17.2. The fourth-order valence-corrected chi connectivity index (χ4v) is 1.81. The van der Waals surface area contributed by atoms with Crippen LogP contribution in [0.4, 0.5) is 14.9 Å². The monoisotopic (exact) mass is 298 g/mol. The van der Waals surface area contributed by atoms with E-state index < -0.39 is 11.8 Å². The van der Waals surface area contributed by atoms with Gasteiger partial charge in [0.2, 0.25) is 0 Å². The van der Waals surface area contributed by atoms with Crippen LogP contribution in [0, 0.1) is 5.82 Å². The first-order valence-corrected chi connectivity index (χ1v) is 7.21. The van der Waals surface area contributed by atoms with Crippen molar-refractivity contribution in [3.8, 4) is 5.75 Å². The zero-order valence-corrected chi connectivity index (χ0v) is 12.5. The Hall–Kier alpha value is -1.82. The fraction of sp³-hybridized carbons (Fsp3) is 0.533. The van der Waals surface area contributed by atoms with Gasteiger partial charge in [-0.2, -0.15) is 0 Å². The molecule has 0 aliphatic heterocycles. The van der Waals surface area contributed by atoms with E-state index in [1.54, 1.807) is 0 Å². The molecule has 3 N–H and O–H groups in total. The second-order valence-electron chi connectivity index (χ2n) is 4.70. The fourth-order valence-electron chi connectivity index (χ4n) is 1.81. The van der Waals surface area contributed by atoms with Crippen LogP contribution in [0.25, 0.3) is 0 Å².